The van der Waals surface area contributed by atoms with Crippen LogP contribution in [0.2, 0.25) is 0 Å². The van der Waals surface area contributed by atoms with Crippen molar-refractivity contribution in [2.45, 2.75) is 180 Å². The van der Waals surface area contributed by atoms with E-state index in [0.717, 1.165) is 37.9 Å². The summed E-state index contributed by atoms with van der Waals surface area (Å²) in [6, 6.07) is 9.10. The third kappa shape index (κ3) is 13.1. The molecule has 1 aromatic rings. The molecule has 14 heteroatoms. The Morgan fingerprint density at radius 1 is 0.967 bits per heavy atom. The maximum Gasteiger partial charge on any atom is 0.312 e. The molecule has 3 aliphatic rings. The predicted octanol–water partition coefficient (Wildman–Crippen LogP) is 5.65. The first-order valence-corrected chi connectivity index (χ1v) is 22.3. The number of hydrogen-bond donors (Lipinski definition) is 4. The smallest absolute Gasteiger partial charge is 0.312 e. The molecule has 3 fully saturated rings. The van der Waals surface area contributed by atoms with Crippen molar-refractivity contribution >= 4 is 17.7 Å². The van der Waals surface area contributed by atoms with Crippen LogP contribution < -0.4 is 4.74 Å². The molecule has 0 spiro atoms. The minimum Gasteiger partial charge on any atom is -0.493 e. The van der Waals surface area contributed by atoms with Crippen LogP contribution in [0.4, 0.5) is 0 Å². The highest BCUT2D eigenvalue weighted by Gasteiger charge is 2.52. The van der Waals surface area contributed by atoms with Crippen molar-refractivity contribution in [1.82, 2.24) is 4.90 Å². The van der Waals surface area contributed by atoms with Crippen LogP contribution in [0.5, 0.6) is 5.75 Å². The highest BCUT2D eigenvalue weighted by Crippen LogP contribution is 2.39. The zero-order chi connectivity index (χ0) is 44.4. The van der Waals surface area contributed by atoms with Crippen molar-refractivity contribution in [2.75, 3.05) is 27.3 Å². The Morgan fingerprint density at radius 3 is 2.27 bits per heavy atom. The van der Waals surface area contributed by atoms with Crippen molar-refractivity contribution in [1.29, 1.82) is 0 Å². The van der Waals surface area contributed by atoms with E-state index in [1.807, 2.05) is 63.2 Å². The van der Waals surface area contributed by atoms with E-state index in [0.29, 0.717) is 25.2 Å². The van der Waals surface area contributed by atoms with E-state index in [4.69, 9.17) is 28.5 Å². The Bertz CT molecular complexity index is 1500. The van der Waals surface area contributed by atoms with Gasteiger partial charge in [-0.05, 0) is 91.9 Å². The largest absolute Gasteiger partial charge is 0.493 e. The van der Waals surface area contributed by atoms with Gasteiger partial charge in [0.15, 0.2) is 6.29 Å². The summed E-state index contributed by atoms with van der Waals surface area (Å²) in [4.78, 5) is 35.8. The molecule has 2 heterocycles. The fourth-order valence-electron chi connectivity index (χ4n) is 9.57. The summed E-state index contributed by atoms with van der Waals surface area (Å²) < 4.78 is 31.1. The van der Waals surface area contributed by atoms with E-state index in [9.17, 15) is 30.0 Å². The Labute approximate surface area is 358 Å². The second-order valence-electron chi connectivity index (χ2n) is 18.6. The highest BCUT2D eigenvalue weighted by molar-refractivity contribution is 5.88. The fourth-order valence-corrected chi connectivity index (χ4v) is 9.57. The van der Waals surface area contributed by atoms with E-state index in [-0.39, 0.29) is 43.9 Å². The topological polar surface area (TPSA) is 186 Å². The van der Waals surface area contributed by atoms with Crippen LogP contribution in [-0.2, 0) is 33.4 Å². The molecule has 4 rings (SSSR count). The molecular weight excluding hydrogens is 773 g/mol. The zero-order valence-electron chi connectivity index (χ0n) is 37.8. The van der Waals surface area contributed by atoms with Gasteiger partial charge in [-0.2, -0.15) is 0 Å². The van der Waals surface area contributed by atoms with Gasteiger partial charge in [-0.3, -0.25) is 9.59 Å². The number of carbonyl (C=O) groups excluding carboxylic acids is 2. The van der Waals surface area contributed by atoms with Crippen LogP contribution >= 0.6 is 0 Å². The molecule has 1 unspecified atom stereocenters. The molecule has 2 saturated heterocycles. The van der Waals surface area contributed by atoms with Crippen molar-refractivity contribution in [3.8, 4) is 5.75 Å². The van der Waals surface area contributed by atoms with Gasteiger partial charge in [0.2, 0.25) is 0 Å². The molecule has 1 aliphatic carbocycles. The SMILES string of the molecule is CC[C@H]1OC(=O)[C@H](C)[C@@H](OC(=O)CC2CCCCC2)[C@H](C)[C@@H](O[C@@H]2O[C@H](C)C[C@H](N(C)C)[C@H]2O)C(C)(O)C[C@@H](C)/C(=N\OCCCOc2ccccc2)[C@H](C)[C@@H](O)[C@]1(C)O. The molecule has 1 saturated carbocycles. The monoisotopic (exact) mass is 849 g/mol. The van der Waals surface area contributed by atoms with Crippen LogP contribution in [0.3, 0.4) is 0 Å². The summed E-state index contributed by atoms with van der Waals surface area (Å²) in [5.74, 6) is -3.69. The molecule has 14 atom stereocenters. The quantitative estimate of drug-likeness (QED) is 0.109. The first-order chi connectivity index (χ1) is 28.3. The van der Waals surface area contributed by atoms with Crippen LogP contribution in [-0.4, -0.2) is 130 Å². The lowest BCUT2D eigenvalue weighted by atomic mass is 9.73. The van der Waals surface area contributed by atoms with E-state index < -0.39 is 83.6 Å². The Hall–Kier alpha value is -2.85. The van der Waals surface area contributed by atoms with Gasteiger partial charge in [0.25, 0.3) is 0 Å². The van der Waals surface area contributed by atoms with Gasteiger partial charge in [-0.25, -0.2) is 0 Å². The lowest BCUT2D eigenvalue weighted by molar-refractivity contribution is -0.299. The number of aliphatic hydroxyl groups excluding tert-OH is 2. The predicted molar refractivity (Wildman–Crippen MR) is 227 cm³/mol. The average molecular weight is 849 g/mol. The number of likely N-dealkylation sites (N-methyl/N-ethyl adjacent to an activating group) is 1. The van der Waals surface area contributed by atoms with Crippen molar-refractivity contribution < 1.29 is 58.5 Å². The number of rotatable bonds is 13. The number of nitrogens with zero attached hydrogens (tertiary/aromatic N) is 2. The number of esters is 2. The standard InChI is InChI=1S/C46H76N2O12/c1-11-36-46(8,54)41(51)30(4)38(47-56-24-18-23-55-34-21-16-13-17-22-34)28(2)27-45(7,53)42(60-44-39(50)35(48(9)10)25-29(3)57-44)31(5)40(32(6)43(52)58-36)59-37(49)26-33-19-14-12-15-20-33/h13,16-17,21-22,28-33,35-36,39-42,44,50-51,53-54H,11-12,14-15,18-20,23-27H2,1-10H3/b47-38+/t28-,29-,30+,31+,32-,35+,36-,39-,40+,41-,42-,44+,45?,46-/m1/s1. The van der Waals surface area contributed by atoms with E-state index in [2.05, 4.69) is 5.16 Å². The number of hydrogen-bond acceptors (Lipinski definition) is 14. The third-order valence-electron chi connectivity index (χ3n) is 13.1. The van der Waals surface area contributed by atoms with Gasteiger partial charge in [-0.1, -0.05) is 70.3 Å². The lowest BCUT2D eigenvalue weighted by Gasteiger charge is -2.47. The average Bonchev–Trinajstić information content (AvgIpc) is 3.20. The Kier molecular flexibility index (Phi) is 18.7. The van der Waals surface area contributed by atoms with Gasteiger partial charge < -0.3 is 53.8 Å². The van der Waals surface area contributed by atoms with E-state index >= 15 is 0 Å². The molecule has 0 amide bonds. The highest BCUT2D eigenvalue weighted by atomic mass is 16.7. The van der Waals surface area contributed by atoms with Crippen molar-refractivity contribution in [3.05, 3.63) is 30.3 Å². The summed E-state index contributed by atoms with van der Waals surface area (Å²) in [6.07, 6.45) is -1.13. The molecule has 1 aromatic carbocycles. The second kappa shape index (κ2) is 22.5. The molecule has 2 aliphatic heterocycles. The van der Waals surface area contributed by atoms with Crippen LogP contribution in [0.25, 0.3) is 0 Å². The maximum atomic E-state index is 14.2. The van der Waals surface area contributed by atoms with Gasteiger partial charge in [0.1, 0.15) is 36.3 Å². The number of para-hydroxylation sites is 1. The zero-order valence-corrected chi connectivity index (χ0v) is 37.8. The molecule has 4 N–H and O–H groups in total. The summed E-state index contributed by atoms with van der Waals surface area (Å²) in [5.41, 5.74) is -3.34. The minimum atomic E-state index is -1.95. The van der Waals surface area contributed by atoms with Gasteiger partial charge >= 0.3 is 11.9 Å². The number of aliphatic hydroxyl groups is 4. The summed E-state index contributed by atoms with van der Waals surface area (Å²) in [5, 5.41) is 52.8. The van der Waals surface area contributed by atoms with Gasteiger partial charge in [0, 0.05) is 36.6 Å². The maximum absolute atomic E-state index is 14.2. The molecule has 0 bridgehead atoms. The first-order valence-electron chi connectivity index (χ1n) is 22.3. The number of benzene rings is 1. The van der Waals surface area contributed by atoms with Gasteiger partial charge in [-0.15, -0.1) is 0 Å². The molecular formula is C46H76N2O12. The van der Waals surface area contributed by atoms with E-state index in [1.165, 1.54) is 6.92 Å². The number of ether oxygens (including phenoxy) is 5. The van der Waals surface area contributed by atoms with Crippen LogP contribution in [0.15, 0.2) is 35.5 Å². The summed E-state index contributed by atoms with van der Waals surface area (Å²) in [7, 11) is 3.74. The molecule has 60 heavy (non-hydrogen) atoms. The lowest BCUT2D eigenvalue weighted by Crippen LogP contribution is -2.60. The van der Waals surface area contributed by atoms with Crippen molar-refractivity contribution in [3.63, 3.8) is 0 Å². The Balaban J connectivity index is 1.75. The second-order valence-corrected chi connectivity index (χ2v) is 18.6. The number of carbonyl (C=O) groups is 2. The molecule has 342 valence electrons. The number of oxime groups is 1. The molecule has 14 nitrogen and oxygen atoms in total. The van der Waals surface area contributed by atoms with Gasteiger partial charge in [0.05, 0.1) is 42.1 Å². The minimum absolute atomic E-state index is 0.00519. The number of cyclic esters (lactones) is 1. The summed E-state index contributed by atoms with van der Waals surface area (Å²) in [6.45, 7) is 14.1. The van der Waals surface area contributed by atoms with Crippen LogP contribution in [0.1, 0.15) is 120 Å². The molecule has 0 radical (unpaired) electrons. The molecule has 0 aromatic heterocycles. The summed E-state index contributed by atoms with van der Waals surface area (Å²) >= 11 is 0. The Morgan fingerprint density at radius 2 is 1.63 bits per heavy atom. The fraction of sp³-hybridized carbons (Fsp3) is 0.804. The van der Waals surface area contributed by atoms with E-state index in [1.54, 1.807) is 34.6 Å². The first kappa shape index (κ1) is 49.8. The third-order valence-corrected chi connectivity index (χ3v) is 13.1. The normalized spacial score (nSPS) is 38.5. The van der Waals surface area contributed by atoms with Crippen molar-refractivity contribution in [2.24, 2.45) is 34.7 Å². The van der Waals surface area contributed by atoms with Crippen LogP contribution in [0, 0.1) is 29.6 Å².